The summed E-state index contributed by atoms with van der Waals surface area (Å²) >= 11 is -1.40. The summed E-state index contributed by atoms with van der Waals surface area (Å²) in [6, 6.07) is 0. The zero-order valence-electron chi connectivity index (χ0n) is 9.52. The Labute approximate surface area is 90.7 Å². The van der Waals surface area contributed by atoms with E-state index >= 15 is 0 Å². The third kappa shape index (κ3) is 7.76. The standard InChI is InChI=1S/C6H14N.C2H5O.C2H5.Sn/c1-4-7-5-6(2)3;1-2-3;1-2;/h6-7H,2,4-5H2,1,3H3;2H2,1H3;1H2,2H3;/q;-1;;+2. The molecule has 78 valence electrons. The molecule has 1 unspecified atom stereocenters. The average Bonchev–Trinajstić information content (AvgIpc) is 2.14. The van der Waals surface area contributed by atoms with Gasteiger partial charge in [0.1, 0.15) is 0 Å². The van der Waals surface area contributed by atoms with Gasteiger partial charge in [-0.3, -0.25) is 0 Å². The van der Waals surface area contributed by atoms with Gasteiger partial charge in [0.2, 0.25) is 0 Å². The summed E-state index contributed by atoms with van der Waals surface area (Å²) in [7, 11) is 0. The Kier molecular flexibility index (Phi) is 9.79. The minimum absolute atomic E-state index is 0.806. The molecule has 0 aromatic carbocycles. The molecule has 0 spiro atoms. The molecule has 0 heterocycles. The van der Waals surface area contributed by atoms with Crippen LogP contribution in [0.3, 0.4) is 0 Å². The van der Waals surface area contributed by atoms with Crippen LogP contribution in [0.25, 0.3) is 0 Å². The molecule has 3 heteroatoms. The Morgan fingerprint density at radius 1 is 1.31 bits per heavy atom. The first-order valence-electron chi connectivity index (χ1n) is 5.42. The maximum absolute atomic E-state index is 5.81. The minimum atomic E-state index is -1.40. The quantitative estimate of drug-likeness (QED) is 0.693. The molecule has 0 aliphatic heterocycles. The molecule has 0 aromatic rings. The summed E-state index contributed by atoms with van der Waals surface area (Å²) in [4.78, 5) is 0. The van der Waals surface area contributed by atoms with Gasteiger partial charge in [0.05, 0.1) is 0 Å². The first-order valence-corrected chi connectivity index (χ1v) is 10.6. The topological polar surface area (TPSA) is 21.3 Å². The van der Waals surface area contributed by atoms with E-state index in [0.717, 1.165) is 25.6 Å². The summed E-state index contributed by atoms with van der Waals surface area (Å²) in [5.41, 5.74) is 0. The second kappa shape index (κ2) is 9.28. The van der Waals surface area contributed by atoms with Crippen LogP contribution in [-0.2, 0) is 3.07 Å². The van der Waals surface area contributed by atoms with Crippen molar-refractivity contribution in [3.05, 3.63) is 0 Å². The Morgan fingerprint density at radius 3 is 2.46 bits per heavy atom. The molecule has 0 amide bonds. The predicted octanol–water partition coefficient (Wildman–Crippen LogP) is 2.28. The molecular weight excluding hydrogens is 269 g/mol. The first-order chi connectivity index (χ1) is 6.24. The summed E-state index contributed by atoms with van der Waals surface area (Å²) in [6.45, 7) is 12.1. The number of hydrogen-bond acceptors (Lipinski definition) is 2. The molecule has 0 bridgehead atoms. The van der Waals surface area contributed by atoms with Crippen LogP contribution < -0.4 is 5.32 Å². The van der Waals surface area contributed by atoms with Crippen LogP contribution in [0.4, 0.5) is 0 Å². The van der Waals surface area contributed by atoms with Crippen molar-refractivity contribution in [3.8, 4) is 0 Å². The molecule has 1 atom stereocenters. The van der Waals surface area contributed by atoms with Gasteiger partial charge in [0.15, 0.2) is 0 Å². The SMILES string of the molecule is CCNCC(C)[CH2][Sn+]([CH2]C)[O]CC. The van der Waals surface area contributed by atoms with Crippen molar-refractivity contribution in [3.63, 3.8) is 0 Å². The van der Waals surface area contributed by atoms with E-state index in [-0.39, 0.29) is 0 Å². The third-order valence-electron chi connectivity index (χ3n) is 2.06. The molecule has 0 saturated carbocycles. The Bertz CT molecular complexity index is 111. The van der Waals surface area contributed by atoms with E-state index in [0.29, 0.717) is 0 Å². The fourth-order valence-corrected chi connectivity index (χ4v) is 6.90. The summed E-state index contributed by atoms with van der Waals surface area (Å²) < 4.78 is 8.51. The van der Waals surface area contributed by atoms with Gasteiger partial charge in [-0.1, -0.05) is 0 Å². The van der Waals surface area contributed by atoms with Gasteiger partial charge in [0.25, 0.3) is 0 Å². The van der Waals surface area contributed by atoms with Crippen LogP contribution in [0.5, 0.6) is 0 Å². The Balaban J connectivity index is 3.53. The van der Waals surface area contributed by atoms with Gasteiger partial charge in [-0.25, -0.2) is 0 Å². The molecule has 0 fully saturated rings. The predicted molar refractivity (Wildman–Crippen MR) is 60.4 cm³/mol. The summed E-state index contributed by atoms with van der Waals surface area (Å²) in [6.07, 6.45) is 0. The molecule has 0 saturated heterocycles. The Hall–Kier alpha value is 0.719. The van der Waals surface area contributed by atoms with Crippen molar-refractivity contribution in [1.29, 1.82) is 0 Å². The van der Waals surface area contributed by atoms with Crippen LogP contribution in [0.2, 0.25) is 8.87 Å². The molecule has 0 aliphatic carbocycles. The monoisotopic (exact) mass is 294 g/mol. The van der Waals surface area contributed by atoms with E-state index in [1.54, 1.807) is 0 Å². The number of nitrogens with one attached hydrogen (secondary N) is 1. The van der Waals surface area contributed by atoms with Crippen molar-refractivity contribution in [1.82, 2.24) is 5.32 Å². The van der Waals surface area contributed by atoms with Gasteiger partial charge in [0, 0.05) is 0 Å². The molecule has 2 nitrogen and oxygen atoms in total. The van der Waals surface area contributed by atoms with E-state index in [4.69, 9.17) is 3.07 Å². The van der Waals surface area contributed by atoms with Crippen molar-refractivity contribution in [2.75, 3.05) is 19.7 Å². The van der Waals surface area contributed by atoms with E-state index in [1.165, 1.54) is 8.87 Å². The summed E-state index contributed by atoms with van der Waals surface area (Å²) in [5.74, 6) is 0.806. The third-order valence-corrected chi connectivity index (χ3v) is 9.59. The van der Waals surface area contributed by atoms with E-state index in [2.05, 4.69) is 33.0 Å². The molecule has 1 N–H and O–H groups in total. The molecule has 0 radical (unpaired) electrons. The van der Waals surface area contributed by atoms with Crippen molar-refractivity contribution >= 4 is 20.2 Å². The van der Waals surface area contributed by atoms with Crippen molar-refractivity contribution in [2.45, 2.75) is 36.6 Å². The second-order valence-electron chi connectivity index (χ2n) is 3.44. The molecule has 0 aliphatic rings. The van der Waals surface area contributed by atoms with Gasteiger partial charge >= 0.3 is 90.7 Å². The fourth-order valence-electron chi connectivity index (χ4n) is 1.36. The van der Waals surface area contributed by atoms with Crippen molar-refractivity contribution < 1.29 is 3.07 Å². The Morgan fingerprint density at radius 2 is 2.00 bits per heavy atom. The fraction of sp³-hybridized carbons (Fsp3) is 1.00. The molecule has 13 heavy (non-hydrogen) atoms. The van der Waals surface area contributed by atoms with Crippen LogP contribution in [0.1, 0.15) is 27.7 Å². The van der Waals surface area contributed by atoms with Crippen LogP contribution in [0, 0.1) is 5.92 Å². The zero-order valence-corrected chi connectivity index (χ0v) is 12.4. The normalized spacial score (nSPS) is 12.9. The van der Waals surface area contributed by atoms with E-state index in [9.17, 15) is 0 Å². The van der Waals surface area contributed by atoms with Crippen LogP contribution in [-0.4, -0.2) is 39.9 Å². The second-order valence-corrected chi connectivity index (χ2v) is 10.5. The molecular formula is C10H24NOSn+. The maximum atomic E-state index is 5.81. The van der Waals surface area contributed by atoms with Gasteiger partial charge in [-0.05, 0) is 0 Å². The van der Waals surface area contributed by atoms with Crippen LogP contribution >= 0.6 is 0 Å². The number of hydrogen-bond donors (Lipinski definition) is 1. The number of rotatable bonds is 8. The average molecular weight is 293 g/mol. The molecule has 0 aromatic heterocycles. The van der Waals surface area contributed by atoms with E-state index < -0.39 is 20.2 Å². The van der Waals surface area contributed by atoms with Crippen LogP contribution in [0.15, 0.2) is 0 Å². The van der Waals surface area contributed by atoms with E-state index in [1.807, 2.05) is 0 Å². The zero-order chi connectivity index (χ0) is 10.1. The van der Waals surface area contributed by atoms with Gasteiger partial charge < -0.3 is 0 Å². The van der Waals surface area contributed by atoms with Gasteiger partial charge in [-0.2, -0.15) is 0 Å². The van der Waals surface area contributed by atoms with Gasteiger partial charge in [-0.15, -0.1) is 0 Å². The van der Waals surface area contributed by atoms with Crippen molar-refractivity contribution in [2.24, 2.45) is 5.92 Å². The molecule has 0 rings (SSSR count). The first kappa shape index (κ1) is 13.7. The summed E-state index contributed by atoms with van der Waals surface area (Å²) in [5, 5.41) is 3.40.